The fourth-order valence-corrected chi connectivity index (χ4v) is 1.77. The minimum Gasteiger partial charge on any atom is -0.368 e. The summed E-state index contributed by atoms with van der Waals surface area (Å²) in [6.45, 7) is 4.93. The van der Waals surface area contributed by atoms with Crippen molar-refractivity contribution in [1.82, 2.24) is 10.2 Å². The summed E-state index contributed by atoms with van der Waals surface area (Å²) in [6, 6.07) is 5.69. The highest BCUT2D eigenvalue weighted by Crippen LogP contribution is 2.21. The molecular weight excluding hydrogens is 202 g/mol. The van der Waals surface area contributed by atoms with Crippen LogP contribution in [0, 0.1) is 6.92 Å². The van der Waals surface area contributed by atoms with Gasteiger partial charge < -0.3 is 5.32 Å². The maximum atomic E-state index is 11.6. The van der Waals surface area contributed by atoms with E-state index in [-0.39, 0.29) is 5.56 Å². The second kappa shape index (κ2) is 4.35. The van der Waals surface area contributed by atoms with Crippen molar-refractivity contribution in [2.75, 3.05) is 11.9 Å². The fraction of sp³-hybridized carbons (Fsp3) is 0.333. The van der Waals surface area contributed by atoms with Gasteiger partial charge in [0.2, 0.25) is 0 Å². The first-order chi connectivity index (χ1) is 7.74. The molecule has 0 aliphatic rings. The number of nitrogens with zero attached hydrogens (tertiary/aromatic N) is 1. The number of rotatable bonds is 3. The smallest absolute Gasteiger partial charge is 0.272 e. The molecule has 0 fully saturated rings. The van der Waals surface area contributed by atoms with Gasteiger partial charge in [0, 0.05) is 11.9 Å². The molecule has 0 radical (unpaired) electrons. The third-order valence-electron chi connectivity index (χ3n) is 2.57. The molecule has 1 aromatic carbocycles. The summed E-state index contributed by atoms with van der Waals surface area (Å²) in [5.74, 6) is 0.759. The van der Waals surface area contributed by atoms with E-state index in [1.54, 1.807) is 0 Å². The third kappa shape index (κ3) is 1.78. The lowest BCUT2D eigenvalue weighted by molar-refractivity contribution is 0.941. The van der Waals surface area contributed by atoms with Crippen LogP contribution in [0.1, 0.15) is 18.9 Å². The van der Waals surface area contributed by atoms with Gasteiger partial charge in [-0.2, -0.15) is 5.10 Å². The predicted octanol–water partition coefficient (Wildman–Crippen LogP) is 2.05. The maximum absolute atomic E-state index is 11.6. The van der Waals surface area contributed by atoms with E-state index in [1.807, 2.05) is 25.1 Å². The highest BCUT2D eigenvalue weighted by molar-refractivity contribution is 5.93. The molecule has 0 bridgehead atoms. The van der Waals surface area contributed by atoms with Crippen molar-refractivity contribution in [2.24, 2.45) is 0 Å². The number of aromatic amines is 1. The van der Waals surface area contributed by atoms with Crippen molar-refractivity contribution >= 4 is 16.6 Å². The molecule has 2 rings (SSSR count). The lowest BCUT2D eigenvalue weighted by Crippen LogP contribution is -2.13. The van der Waals surface area contributed by atoms with E-state index in [0.717, 1.165) is 29.7 Å². The second-order valence-electron chi connectivity index (χ2n) is 3.83. The number of anilines is 1. The molecule has 84 valence electrons. The van der Waals surface area contributed by atoms with Crippen LogP contribution < -0.4 is 10.9 Å². The van der Waals surface area contributed by atoms with Crippen LogP contribution in [0.3, 0.4) is 0 Å². The molecule has 0 spiro atoms. The van der Waals surface area contributed by atoms with Crippen molar-refractivity contribution in [1.29, 1.82) is 0 Å². The minimum atomic E-state index is -0.138. The molecule has 4 heteroatoms. The SMILES string of the molecule is CCCNc1n[nH]c(=O)c2cccc(C)c12. The maximum Gasteiger partial charge on any atom is 0.272 e. The van der Waals surface area contributed by atoms with Crippen LogP contribution in [0.25, 0.3) is 10.8 Å². The summed E-state index contributed by atoms with van der Waals surface area (Å²) < 4.78 is 0. The monoisotopic (exact) mass is 217 g/mol. The molecule has 0 amide bonds. The van der Waals surface area contributed by atoms with Crippen molar-refractivity contribution in [3.05, 3.63) is 34.1 Å². The quantitative estimate of drug-likeness (QED) is 0.827. The van der Waals surface area contributed by atoms with Gasteiger partial charge >= 0.3 is 0 Å². The molecule has 1 aromatic heterocycles. The second-order valence-corrected chi connectivity index (χ2v) is 3.83. The zero-order valence-corrected chi connectivity index (χ0v) is 9.50. The van der Waals surface area contributed by atoms with Crippen LogP contribution in [0.15, 0.2) is 23.0 Å². The average Bonchev–Trinajstić information content (AvgIpc) is 2.29. The highest BCUT2D eigenvalue weighted by atomic mass is 16.1. The number of aryl methyl sites for hydroxylation is 1. The molecular formula is C12H15N3O. The molecule has 2 N–H and O–H groups in total. The Morgan fingerprint density at radius 3 is 3.00 bits per heavy atom. The summed E-state index contributed by atoms with van der Waals surface area (Å²) in [7, 11) is 0. The molecule has 16 heavy (non-hydrogen) atoms. The normalized spacial score (nSPS) is 10.6. The van der Waals surface area contributed by atoms with Gasteiger partial charge in [-0.25, -0.2) is 5.10 Å². The first kappa shape index (κ1) is 10.7. The number of hydrogen-bond acceptors (Lipinski definition) is 3. The third-order valence-corrected chi connectivity index (χ3v) is 2.57. The highest BCUT2D eigenvalue weighted by Gasteiger charge is 2.07. The Hall–Kier alpha value is -1.84. The van der Waals surface area contributed by atoms with Crippen LogP contribution in [0.4, 0.5) is 5.82 Å². The predicted molar refractivity (Wildman–Crippen MR) is 65.9 cm³/mol. The molecule has 2 aromatic rings. The van der Waals surface area contributed by atoms with Gasteiger partial charge in [-0.05, 0) is 25.0 Å². The van der Waals surface area contributed by atoms with Crippen LogP contribution in [0.5, 0.6) is 0 Å². The number of H-pyrrole nitrogens is 1. The van der Waals surface area contributed by atoms with Crippen LogP contribution in [-0.4, -0.2) is 16.7 Å². The van der Waals surface area contributed by atoms with Crippen molar-refractivity contribution in [3.63, 3.8) is 0 Å². The zero-order valence-electron chi connectivity index (χ0n) is 9.50. The van der Waals surface area contributed by atoms with E-state index in [0.29, 0.717) is 5.39 Å². The van der Waals surface area contributed by atoms with Gasteiger partial charge in [0.15, 0.2) is 5.82 Å². The number of aromatic nitrogens is 2. The molecule has 0 aliphatic heterocycles. The number of fused-ring (bicyclic) bond motifs is 1. The zero-order chi connectivity index (χ0) is 11.5. The molecule has 1 heterocycles. The number of benzene rings is 1. The largest absolute Gasteiger partial charge is 0.368 e. The molecule has 0 aliphatic carbocycles. The molecule has 0 atom stereocenters. The lowest BCUT2D eigenvalue weighted by atomic mass is 10.1. The van der Waals surface area contributed by atoms with E-state index in [9.17, 15) is 4.79 Å². The van der Waals surface area contributed by atoms with Gasteiger partial charge in [0.25, 0.3) is 5.56 Å². The summed E-state index contributed by atoms with van der Waals surface area (Å²) in [4.78, 5) is 11.6. The van der Waals surface area contributed by atoms with E-state index >= 15 is 0 Å². The Morgan fingerprint density at radius 1 is 1.44 bits per heavy atom. The summed E-state index contributed by atoms with van der Waals surface area (Å²) in [6.07, 6.45) is 1.02. The van der Waals surface area contributed by atoms with Gasteiger partial charge in [-0.3, -0.25) is 4.79 Å². The van der Waals surface area contributed by atoms with Crippen LogP contribution in [0.2, 0.25) is 0 Å². The Morgan fingerprint density at radius 2 is 2.25 bits per heavy atom. The number of nitrogens with one attached hydrogen (secondary N) is 2. The van der Waals surface area contributed by atoms with Crippen molar-refractivity contribution in [2.45, 2.75) is 20.3 Å². The molecule has 4 nitrogen and oxygen atoms in total. The number of hydrogen-bond donors (Lipinski definition) is 2. The Labute approximate surface area is 93.7 Å². The van der Waals surface area contributed by atoms with Crippen molar-refractivity contribution < 1.29 is 0 Å². The Balaban J connectivity index is 2.66. The average molecular weight is 217 g/mol. The summed E-state index contributed by atoms with van der Waals surface area (Å²) >= 11 is 0. The molecule has 0 saturated carbocycles. The molecule has 0 saturated heterocycles. The van der Waals surface area contributed by atoms with Gasteiger partial charge in [-0.15, -0.1) is 0 Å². The van der Waals surface area contributed by atoms with Crippen LogP contribution in [-0.2, 0) is 0 Å². The first-order valence-electron chi connectivity index (χ1n) is 5.46. The topological polar surface area (TPSA) is 57.8 Å². The van der Waals surface area contributed by atoms with Crippen molar-refractivity contribution in [3.8, 4) is 0 Å². The van der Waals surface area contributed by atoms with Gasteiger partial charge in [-0.1, -0.05) is 19.1 Å². The Kier molecular flexibility index (Phi) is 2.90. The van der Waals surface area contributed by atoms with E-state index in [1.165, 1.54) is 0 Å². The molecule has 0 unspecified atom stereocenters. The van der Waals surface area contributed by atoms with E-state index < -0.39 is 0 Å². The standard InChI is InChI=1S/C12H15N3O/c1-3-7-13-11-10-8(2)5-4-6-9(10)12(16)15-14-11/h4-6H,3,7H2,1-2H3,(H,13,14)(H,15,16). The Bertz CT molecular complexity index is 560. The minimum absolute atomic E-state index is 0.138. The van der Waals surface area contributed by atoms with Crippen LogP contribution >= 0.6 is 0 Å². The summed E-state index contributed by atoms with van der Waals surface area (Å²) in [5.41, 5.74) is 0.926. The van der Waals surface area contributed by atoms with E-state index in [2.05, 4.69) is 22.4 Å². The lowest BCUT2D eigenvalue weighted by Gasteiger charge is -2.08. The summed E-state index contributed by atoms with van der Waals surface area (Å²) in [5, 5.41) is 11.4. The first-order valence-corrected chi connectivity index (χ1v) is 5.46. The fourth-order valence-electron chi connectivity index (χ4n) is 1.77. The van der Waals surface area contributed by atoms with Gasteiger partial charge in [0.05, 0.1) is 5.39 Å². The van der Waals surface area contributed by atoms with E-state index in [4.69, 9.17) is 0 Å². The van der Waals surface area contributed by atoms with Gasteiger partial charge in [0.1, 0.15) is 0 Å².